The summed E-state index contributed by atoms with van der Waals surface area (Å²) >= 11 is 0. The Labute approximate surface area is 155 Å². The lowest BCUT2D eigenvalue weighted by atomic mass is 10.2. The number of aromatic nitrogens is 1. The average molecular weight is 378 g/mol. The molecule has 26 heavy (non-hydrogen) atoms. The summed E-state index contributed by atoms with van der Waals surface area (Å²) in [5.74, 6) is 1.01. The zero-order valence-corrected chi connectivity index (χ0v) is 16.3. The first-order valence-electron chi connectivity index (χ1n) is 9.11. The van der Waals surface area contributed by atoms with Crippen molar-refractivity contribution in [3.63, 3.8) is 0 Å². The van der Waals surface area contributed by atoms with E-state index in [0.29, 0.717) is 19.5 Å². The molecule has 7 heteroatoms. The zero-order valence-electron chi connectivity index (χ0n) is 15.5. The van der Waals surface area contributed by atoms with Gasteiger partial charge in [0.05, 0.1) is 11.4 Å². The summed E-state index contributed by atoms with van der Waals surface area (Å²) in [7, 11) is -3.23. The van der Waals surface area contributed by atoms with Crippen molar-refractivity contribution < 1.29 is 12.9 Å². The molecule has 0 spiro atoms. The van der Waals surface area contributed by atoms with Gasteiger partial charge < -0.3 is 4.52 Å². The van der Waals surface area contributed by atoms with Crippen LogP contribution in [0.25, 0.3) is 0 Å². The highest BCUT2D eigenvalue weighted by molar-refractivity contribution is 7.89. The van der Waals surface area contributed by atoms with Gasteiger partial charge in [0.25, 0.3) is 0 Å². The number of rotatable bonds is 6. The lowest BCUT2D eigenvalue weighted by Crippen LogP contribution is -2.37. The molecule has 6 nitrogen and oxygen atoms in total. The standard InChI is InChI=1S/C19H27N3O3S/c1-16-19(17(2)25-20-16)15-21-10-6-11-22(13-12-21)26(23,24)14-9-18-7-4-3-5-8-18/h3-5,7-8H,6,9-15H2,1-2H3. The molecule has 142 valence electrons. The van der Waals surface area contributed by atoms with Gasteiger partial charge in [0.15, 0.2) is 0 Å². The molecule has 1 aromatic heterocycles. The van der Waals surface area contributed by atoms with Crippen molar-refractivity contribution >= 4 is 10.0 Å². The van der Waals surface area contributed by atoms with E-state index >= 15 is 0 Å². The third kappa shape index (κ3) is 4.72. The Hall–Kier alpha value is -1.70. The molecule has 2 aromatic rings. The largest absolute Gasteiger partial charge is 0.361 e. The molecule has 0 radical (unpaired) electrons. The molecule has 0 aliphatic carbocycles. The van der Waals surface area contributed by atoms with E-state index in [9.17, 15) is 8.42 Å². The van der Waals surface area contributed by atoms with E-state index in [2.05, 4.69) is 10.1 Å². The Bertz CT molecular complexity index is 798. The van der Waals surface area contributed by atoms with Gasteiger partial charge in [0, 0.05) is 31.7 Å². The van der Waals surface area contributed by atoms with E-state index < -0.39 is 10.0 Å². The van der Waals surface area contributed by atoms with Crippen LogP contribution in [-0.2, 0) is 23.0 Å². The maximum Gasteiger partial charge on any atom is 0.214 e. The van der Waals surface area contributed by atoms with Crippen molar-refractivity contribution in [1.82, 2.24) is 14.4 Å². The maximum atomic E-state index is 12.7. The molecule has 1 aliphatic rings. The molecule has 0 atom stereocenters. The highest BCUT2D eigenvalue weighted by Crippen LogP contribution is 2.17. The third-order valence-electron chi connectivity index (χ3n) is 5.00. The van der Waals surface area contributed by atoms with Gasteiger partial charge in [0.2, 0.25) is 10.0 Å². The van der Waals surface area contributed by atoms with E-state index in [0.717, 1.165) is 48.6 Å². The van der Waals surface area contributed by atoms with E-state index in [1.54, 1.807) is 4.31 Å². The SMILES string of the molecule is Cc1noc(C)c1CN1CCCN(S(=O)(=O)CCc2ccccc2)CC1. The predicted molar refractivity (Wildman–Crippen MR) is 101 cm³/mol. The van der Waals surface area contributed by atoms with Crippen LogP contribution in [0.5, 0.6) is 0 Å². The van der Waals surface area contributed by atoms with Crippen LogP contribution in [0.1, 0.15) is 29.0 Å². The van der Waals surface area contributed by atoms with Gasteiger partial charge in [-0.05, 0) is 38.8 Å². The van der Waals surface area contributed by atoms with E-state index in [-0.39, 0.29) is 5.75 Å². The topological polar surface area (TPSA) is 66.7 Å². The Morgan fingerprint density at radius 1 is 1.08 bits per heavy atom. The van der Waals surface area contributed by atoms with Crippen molar-refractivity contribution in [2.75, 3.05) is 31.9 Å². The van der Waals surface area contributed by atoms with Crippen molar-refractivity contribution in [3.05, 3.63) is 52.9 Å². The van der Waals surface area contributed by atoms with Gasteiger partial charge >= 0.3 is 0 Å². The van der Waals surface area contributed by atoms with E-state index in [1.165, 1.54) is 0 Å². The molecule has 1 saturated heterocycles. The molecule has 0 unspecified atom stereocenters. The van der Waals surface area contributed by atoms with Gasteiger partial charge in [-0.1, -0.05) is 35.5 Å². The molecule has 0 amide bonds. The monoisotopic (exact) mass is 377 g/mol. The molecule has 1 aromatic carbocycles. The van der Waals surface area contributed by atoms with Gasteiger partial charge in [-0.15, -0.1) is 0 Å². The first kappa shape index (κ1) is 19.1. The van der Waals surface area contributed by atoms with Crippen LogP contribution in [0.3, 0.4) is 0 Å². The fourth-order valence-electron chi connectivity index (χ4n) is 3.36. The number of hydrogen-bond donors (Lipinski definition) is 0. The Morgan fingerprint density at radius 2 is 1.85 bits per heavy atom. The molecular weight excluding hydrogens is 350 g/mol. The van der Waals surface area contributed by atoms with Crippen LogP contribution in [0, 0.1) is 13.8 Å². The van der Waals surface area contributed by atoms with Gasteiger partial charge in [-0.2, -0.15) is 0 Å². The minimum atomic E-state index is -3.23. The van der Waals surface area contributed by atoms with Crippen LogP contribution in [-0.4, -0.2) is 54.7 Å². The van der Waals surface area contributed by atoms with E-state index in [4.69, 9.17) is 4.52 Å². The lowest BCUT2D eigenvalue weighted by molar-refractivity contribution is 0.276. The predicted octanol–water partition coefficient (Wildman–Crippen LogP) is 2.37. The summed E-state index contributed by atoms with van der Waals surface area (Å²) < 4.78 is 32.3. The molecule has 0 bridgehead atoms. The van der Waals surface area contributed by atoms with E-state index in [1.807, 2.05) is 44.2 Å². The zero-order chi connectivity index (χ0) is 18.6. The molecule has 3 rings (SSSR count). The Balaban J connectivity index is 1.57. The second-order valence-electron chi connectivity index (χ2n) is 6.88. The second-order valence-corrected chi connectivity index (χ2v) is 8.97. The van der Waals surface area contributed by atoms with Gasteiger partial charge in [-0.25, -0.2) is 12.7 Å². The lowest BCUT2D eigenvalue weighted by Gasteiger charge is -2.21. The number of benzene rings is 1. The van der Waals surface area contributed by atoms with Crippen LogP contribution in [0.15, 0.2) is 34.9 Å². The minimum absolute atomic E-state index is 0.168. The minimum Gasteiger partial charge on any atom is -0.361 e. The molecule has 1 fully saturated rings. The first-order chi connectivity index (χ1) is 12.5. The number of nitrogens with zero attached hydrogens (tertiary/aromatic N) is 3. The quantitative estimate of drug-likeness (QED) is 0.773. The van der Waals surface area contributed by atoms with Crippen LogP contribution in [0.4, 0.5) is 0 Å². The smallest absolute Gasteiger partial charge is 0.214 e. The number of hydrogen-bond acceptors (Lipinski definition) is 5. The fraction of sp³-hybridized carbons (Fsp3) is 0.526. The second kappa shape index (κ2) is 8.33. The van der Waals surface area contributed by atoms with Crippen molar-refractivity contribution in [1.29, 1.82) is 0 Å². The summed E-state index contributed by atoms with van der Waals surface area (Å²) in [5, 5.41) is 4.00. The van der Waals surface area contributed by atoms with Crippen molar-refractivity contribution in [2.45, 2.75) is 33.2 Å². The summed E-state index contributed by atoms with van der Waals surface area (Å²) in [5.41, 5.74) is 3.09. The first-order valence-corrected chi connectivity index (χ1v) is 10.7. The fourth-order valence-corrected chi connectivity index (χ4v) is 4.87. The Kier molecular flexibility index (Phi) is 6.11. The highest BCUT2D eigenvalue weighted by atomic mass is 32.2. The van der Waals surface area contributed by atoms with Crippen LogP contribution in [0.2, 0.25) is 0 Å². The summed E-state index contributed by atoms with van der Waals surface area (Å²) in [6, 6.07) is 9.79. The molecule has 0 N–H and O–H groups in total. The maximum absolute atomic E-state index is 12.7. The third-order valence-corrected chi connectivity index (χ3v) is 6.87. The average Bonchev–Trinajstić information content (AvgIpc) is 2.83. The molecular formula is C19H27N3O3S. The van der Waals surface area contributed by atoms with Crippen molar-refractivity contribution in [2.24, 2.45) is 0 Å². The summed E-state index contributed by atoms with van der Waals surface area (Å²) in [4.78, 5) is 2.29. The summed E-state index contributed by atoms with van der Waals surface area (Å²) in [6.07, 6.45) is 1.40. The molecule has 0 saturated carbocycles. The molecule has 1 aliphatic heterocycles. The number of sulfonamides is 1. The Morgan fingerprint density at radius 3 is 2.54 bits per heavy atom. The van der Waals surface area contributed by atoms with Crippen molar-refractivity contribution in [3.8, 4) is 0 Å². The van der Waals surface area contributed by atoms with Gasteiger partial charge in [0.1, 0.15) is 5.76 Å². The highest BCUT2D eigenvalue weighted by Gasteiger charge is 2.25. The van der Waals surface area contributed by atoms with Crippen LogP contribution >= 0.6 is 0 Å². The number of aryl methyl sites for hydroxylation is 3. The summed E-state index contributed by atoms with van der Waals surface area (Å²) in [6.45, 7) is 7.38. The normalized spacial score (nSPS) is 17.3. The van der Waals surface area contributed by atoms with Gasteiger partial charge in [-0.3, -0.25) is 4.90 Å². The van der Waals surface area contributed by atoms with Crippen LogP contribution < -0.4 is 0 Å². The molecule has 2 heterocycles.